The summed E-state index contributed by atoms with van der Waals surface area (Å²) in [5, 5.41) is 0. The fourth-order valence-corrected chi connectivity index (χ4v) is 5.85. The summed E-state index contributed by atoms with van der Waals surface area (Å²) in [6.07, 6.45) is 0.843. The van der Waals surface area contributed by atoms with E-state index in [1.54, 1.807) is 0 Å². The molecule has 0 saturated heterocycles. The lowest BCUT2D eigenvalue weighted by Crippen LogP contribution is -2.18. The molecule has 6 heteroatoms. The van der Waals surface area contributed by atoms with Crippen LogP contribution in [-0.4, -0.2) is 29.9 Å². The van der Waals surface area contributed by atoms with Gasteiger partial charge in [0.15, 0.2) is 23.3 Å². The van der Waals surface area contributed by atoms with Gasteiger partial charge in [0, 0.05) is 33.1 Å². The fourth-order valence-electron chi connectivity index (χ4n) is 5.85. The van der Waals surface area contributed by atoms with Gasteiger partial charge < -0.3 is 0 Å². The Morgan fingerprint density at radius 3 is 1.16 bits per heavy atom. The predicted molar refractivity (Wildman–Crippen MR) is 207 cm³/mol. The van der Waals surface area contributed by atoms with Crippen molar-refractivity contribution in [1.29, 1.82) is 0 Å². The minimum atomic E-state index is -0.269. The SMILES string of the molecule is CC(C)(C)c1nc(-c2ccccc2)nc(-c2cccc(-c3cccc(-c4nc(-c5cccc(Cc6ccccc6)c5)nc(C(C)(C)C)n4)c3)c2)n1. The average molecular weight is 667 g/mol. The Morgan fingerprint density at radius 1 is 0.333 bits per heavy atom. The zero-order valence-corrected chi connectivity index (χ0v) is 30.1. The molecule has 51 heavy (non-hydrogen) atoms. The molecule has 2 aromatic heterocycles. The van der Waals surface area contributed by atoms with Gasteiger partial charge in [0.25, 0.3) is 0 Å². The Morgan fingerprint density at radius 2 is 0.686 bits per heavy atom. The van der Waals surface area contributed by atoms with Gasteiger partial charge in [-0.25, -0.2) is 29.9 Å². The maximum absolute atomic E-state index is 5.06. The van der Waals surface area contributed by atoms with Crippen molar-refractivity contribution in [2.45, 2.75) is 58.8 Å². The van der Waals surface area contributed by atoms with Crippen LogP contribution in [0.3, 0.4) is 0 Å². The van der Waals surface area contributed by atoms with E-state index in [9.17, 15) is 0 Å². The molecule has 0 radical (unpaired) electrons. The first-order chi connectivity index (χ1) is 24.5. The lowest BCUT2D eigenvalue weighted by Gasteiger charge is -2.19. The summed E-state index contributed by atoms with van der Waals surface area (Å²) < 4.78 is 0. The number of hydrogen-bond acceptors (Lipinski definition) is 6. The van der Waals surface area contributed by atoms with Crippen LogP contribution >= 0.6 is 0 Å². The molecule has 7 aromatic rings. The summed E-state index contributed by atoms with van der Waals surface area (Å²) in [6, 6.07) is 45.9. The highest BCUT2D eigenvalue weighted by molar-refractivity contribution is 5.75. The van der Waals surface area contributed by atoms with Crippen molar-refractivity contribution < 1.29 is 0 Å². The van der Waals surface area contributed by atoms with E-state index in [1.807, 2.05) is 36.4 Å². The third-order valence-electron chi connectivity index (χ3n) is 8.66. The molecule has 0 aliphatic heterocycles. The lowest BCUT2D eigenvalue weighted by atomic mass is 9.95. The van der Waals surface area contributed by atoms with Gasteiger partial charge >= 0.3 is 0 Å². The van der Waals surface area contributed by atoms with Crippen LogP contribution in [0.4, 0.5) is 0 Å². The van der Waals surface area contributed by atoms with Crippen LogP contribution in [0.15, 0.2) is 133 Å². The second-order valence-corrected chi connectivity index (χ2v) is 15.0. The van der Waals surface area contributed by atoms with Gasteiger partial charge in [-0.3, -0.25) is 0 Å². The molecule has 2 heterocycles. The van der Waals surface area contributed by atoms with E-state index in [-0.39, 0.29) is 10.8 Å². The highest BCUT2D eigenvalue weighted by atomic mass is 15.1. The van der Waals surface area contributed by atoms with Crippen molar-refractivity contribution in [2.75, 3.05) is 0 Å². The van der Waals surface area contributed by atoms with E-state index < -0.39 is 0 Å². The summed E-state index contributed by atoms with van der Waals surface area (Å²) in [6.45, 7) is 12.8. The standard InChI is InChI=1S/C45H42N6/c1-44(2,3)42-48-38(32-19-11-8-12-20-32)46-40(50-42)36-24-14-21-33(28-36)34-22-15-25-37(29-34)41-47-39(49-43(51-41)45(4,5)6)35-23-13-18-31(27-35)26-30-16-9-7-10-17-30/h7-25,27-29H,26H2,1-6H3. The lowest BCUT2D eigenvalue weighted by molar-refractivity contribution is 0.543. The largest absolute Gasteiger partial charge is 0.212 e. The van der Waals surface area contributed by atoms with E-state index in [4.69, 9.17) is 29.9 Å². The number of hydrogen-bond donors (Lipinski definition) is 0. The quantitative estimate of drug-likeness (QED) is 0.168. The Balaban J connectivity index is 1.26. The molecule has 0 atom stereocenters. The molecule has 6 nitrogen and oxygen atoms in total. The molecule has 0 amide bonds. The molecule has 7 rings (SSSR count). The molecule has 0 bridgehead atoms. The molecule has 0 spiro atoms. The molecule has 252 valence electrons. The highest BCUT2D eigenvalue weighted by Crippen LogP contribution is 2.32. The maximum atomic E-state index is 5.06. The van der Waals surface area contributed by atoms with E-state index in [2.05, 4.69) is 139 Å². The molecular weight excluding hydrogens is 625 g/mol. The van der Waals surface area contributed by atoms with Crippen LogP contribution in [0.1, 0.15) is 64.3 Å². The average Bonchev–Trinajstić information content (AvgIpc) is 3.15. The van der Waals surface area contributed by atoms with Crippen LogP contribution < -0.4 is 0 Å². The fraction of sp³-hybridized carbons (Fsp3) is 0.200. The van der Waals surface area contributed by atoms with E-state index in [1.165, 1.54) is 11.1 Å². The molecular formula is C45H42N6. The van der Waals surface area contributed by atoms with E-state index in [0.717, 1.165) is 51.5 Å². The Labute approximate surface area is 300 Å². The summed E-state index contributed by atoms with van der Waals surface area (Å²) in [4.78, 5) is 29.8. The first kappa shape index (κ1) is 33.6. The summed E-state index contributed by atoms with van der Waals surface area (Å²) >= 11 is 0. The topological polar surface area (TPSA) is 77.3 Å². The van der Waals surface area contributed by atoms with Crippen LogP contribution in [-0.2, 0) is 17.3 Å². The Hall–Kier alpha value is -5.88. The van der Waals surface area contributed by atoms with Gasteiger partial charge in [-0.15, -0.1) is 0 Å². The number of aromatic nitrogens is 6. The van der Waals surface area contributed by atoms with Gasteiger partial charge in [-0.2, -0.15) is 0 Å². The zero-order valence-electron chi connectivity index (χ0n) is 30.1. The second-order valence-electron chi connectivity index (χ2n) is 15.0. The number of benzene rings is 5. The van der Waals surface area contributed by atoms with Gasteiger partial charge in [-0.05, 0) is 46.9 Å². The van der Waals surface area contributed by atoms with E-state index in [0.29, 0.717) is 23.3 Å². The van der Waals surface area contributed by atoms with Gasteiger partial charge in [0.1, 0.15) is 11.6 Å². The van der Waals surface area contributed by atoms with Crippen LogP contribution in [0.2, 0.25) is 0 Å². The summed E-state index contributed by atoms with van der Waals surface area (Å²) in [5.41, 5.74) is 7.85. The smallest absolute Gasteiger partial charge is 0.163 e. The summed E-state index contributed by atoms with van der Waals surface area (Å²) in [5.74, 6) is 4.15. The van der Waals surface area contributed by atoms with Crippen molar-refractivity contribution in [3.05, 3.63) is 156 Å². The summed E-state index contributed by atoms with van der Waals surface area (Å²) in [7, 11) is 0. The van der Waals surface area contributed by atoms with Crippen molar-refractivity contribution in [1.82, 2.24) is 29.9 Å². The Kier molecular flexibility index (Phi) is 9.09. The van der Waals surface area contributed by atoms with E-state index >= 15 is 0 Å². The molecule has 0 saturated carbocycles. The molecule has 0 fully saturated rings. The van der Waals surface area contributed by atoms with Crippen LogP contribution in [0.25, 0.3) is 56.7 Å². The third-order valence-corrected chi connectivity index (χ3v) is 8.66. The number of rotatable bonds is 7. The second kappa shape index (κ2) is 13.8. The molecule has 5 aromatic carbocycles. The van der Waals surface area contributed by atoms with Gasteiger partial charge in [0.05, 0.1) is 0 Å². The number of nitrogens with zero attached hydrogens (tertiary/aromatic N) is 6. The van der Waals surface area contributed by atoms with Crippen LogP contribution in [0.5, 0.6) is 0 Å². The van der Waals surface area contributed by atoms with Crippen LogP contribution in [0, 0.1) is 0 Å². The third kappa shape index (κ3) is 7.81. The molecule has 0 unspecified atom stereocenters. The van der Waals surface area contributed by atoms with Crippen molar-refractivity contribution in [3.63, 3.8) is 0 Å². The highest BCUT2D eigenvalue weighted by Gasteiger charge is 2.23. The monoisotopic (exact) mass is 666 g/mol. The van der Waals surface area contributed by atoms with Gasteiger partial charge in [-0.1, -0.05) is 157 Å². The van der Waals surface area contributed by atoms with Crippen molar-refractivity contribution in [3.8, 4) is 56.7 Å². The predicted octanol–water partition coefficient (Wildman–Crippen LogP) is 10.6. The van der Waals surface area contributed by atoms with Crippen molar-refractivity contribution >= 4 is 0 Å². The van der Waals surface area contributed by atoms with Gasteiger partial charge in [0.2, 0.25) is 0 Å². The molecule has 0 N–H and O–H groups in total. The van der Waals surface area contributed by atoms with Crippen molar-refractivity contribution in [2.24, 2.45) is 0 Å². The first-order valence-electron chi connectivity index (χ1n) is 17.4. The molecule has 0 aliphatic carbocycles. The Bertz CT molecular complexity index is 2300. The minimum absolute atomic E-state index is 0.244. The molecule has 0 aliphatic rings. The minimum Gasteiger partial charge on any atom is -0.212 e. The first-order valence-corrected chi connectivity index (χ1v) is 17.4. The zero-order chi connectivity index (χ0) is 35.6. The normalized spacial score (nSPS) is 11.8. The maximum Gasteiger partial charge on any atom is 0.163 e.